The number of nitrogens with one attached hydrogen (secondary N) is 2. The molecule has 0 unspecified atom stereocenters. The molecule has 0 spiro atoms. The summed E-state index contributed by atoms with van der Waals surface area (Å²) in [5.74, 6) is -0.466. The van der Waals surface area contributed by atoms with E-state index in [0.29, 0.717) is 37.6 Å². The van der Waals surface area contributed by atoms with E-state index in [1.54, 1.807) is 25.1 Å². The number of ether oxygens (including phenoxy) is 2. The van der Waals surface area contributed by atoms with Gasteiger partial charge in [-0.1, -0.05) is 24.3 Å². The molecular formula is C22H27N3O4. The Bertz CT molecular complexity index is 834. The molecule has 1 saturated heterocycles. The minimum atomic E-state index is -0.375. The molecule has 0 aliphatic carbocycles. The van der Waals surface area contributed by atoms with E-state index in [-0.39, 0.29) is 18.3 Å². The molecule has 0 radical (unpaired) electrons. The summed E-state index contributed by atoms with van der Waals surface area (Å²) < 4.78 is 10.5. The summed E-state index contributed by atoms with van der Waals surface area (Å²) in [4.78, 5) is 26.7. The fraction of sp³-hybridized carbons (Fsp3) is 0.364. The molecule has 1 aliphatic rings. The third-order valence-electron chi connectivity index (χ3n) is 4.62. The summed E-state index contributed by atoms with van der Waals surface area (Å²) in [6.45, 7) is 5.48. The molecule has 1 heterocycles. The molecule has 7 heteroatoms. The normalized spacial score (nSPS) is 13.6. The van der Waals surface area contributed by atoms with Gasteiger partial charge in [-0.15, -0.1) is 0 Å². The Kier molecular flexibility index (Phi) is 7.47. The van der Waals surface area contributed by atoms with Crippen molar-refractivity contribution in [3.63, 3.8) is 0 Å². The minimum absolute atomic E-state index is 0.0909. The van der Waals surface area contributed by atoms with E-state index in [1.807, 2.05) is 30.3 Å². The molecule has 0 atom stereocenters. The fourth-order valence-corrected chi connectivity index (χ4v) is 3.21. The van der Waals surface area contributed by atoms with Crippen molar-refractivity contribution >= 4 is 28.9 Å². The highest BCUT2D eigenvalue weighted by molar-refractivity contribution is 5.96. The molecule has 0 aromatic heterocycles. The quantitative estimate of drug-likeness (QED) is 0.666. The highest BCUT2D eigenvalue weighted by atomic mass is 16.5. The Labute approximate surface area is 171 Å². The maximum absolute atomic E-state index is 12.5. The van der Waals surface area contributed by atoms with Gasteiger partial charge in [0.05, 0.1) is 36.8 Å². The Morgan fingerprint density at radius 1 is 1.03 bits per heavy atom. The average molecular weight is 397 g/mol. The first-order chi connectivity index (χ1) is 14.2. The van der Waals surface area contributed by atoms with Crippen LogP contribution in [0.5, 0.6) is 0 Å². The van der Waals surface area contributed by atoms with Crippen molar-refractivity contribution in [2.24, 2.45) is 0 Å². The summed E-state index contributed by atoms with van der Waals surface area (Å²) in [5, 5.41) is 6.16. The van der Waals surface area contributed by atoms with E-state index in [2.05, 4.69) is 15.5 Å². The number of carbonyl (C=O) groups is 2. The molecule has 2 N–H and O–H groups in total. The number of rotatable bonds is 8. The molecule has 3 rings (SSSR count). The zero-order valence-electron chi connectivity index (χ0n) is 16.6. The zero-order chi connectivity index (χ0) is 20.5. The molecule has 7 nitrogen and oxygen atoms in total. The molecule has 2 aromatic rings. The van der Waals surface area contributed by atoms with Crippen LogP contribution in [0.4, 0.5) is 17.1 Å². The van der Waals surface area contributed by atoms with Crippen LogP contribution in [0, 0.1) is 0 Å². The van der Waals surface area contributed by atoms with E-state index >= 15 is 0 Å². The highest BCUT2D eigenvalue weighted by Gasteiger charge is 2.16. The lowest BCUT2D eigenvalue weighted by Gasteiger charge is -2.30. The van der Waals surface area contributed by atoms with Gasteiger partial charge in [-0.25, -0.2) is 4.79 Å². The second-order valence-corrected chi connectivity index (χ2v) is 6.61. The summed E-state index contributed by atoms with van der Waals surface area (Å²) in [7, 11) is 0. The first-order valence-electron chi connectivity index (χ1n) is 9.90. The third kappa shape index (κ3) is 5.71. The highest BCUT2D eigenvalue weighted by Crippen LogP contribution is 2.26. The average Bonchev–Trinajstić information content (AvgIpc) is 2.75. The predicted molar refractivity (Wildman–Crippen MR) is 114 cm³/mol. The molecule has 0 bridgehead atoms. The van der Waals surface area contributed by atoms with Gasteiger partial charge in [0.25, 0.3) is 0 Å². The van der Waals surface area contributed by atoms with Gasteiger partial charge in [-0.05, 0) is 31.2 Å². The Morgan fingerprint density at radius 2 is 1.72 bits per heavy atom. The van der Waals surface area contributed by atoms with Crippen LogP contribution in [0.25, 0.3) is 0 Å². The number of amides is 1. The number of hydrogen-bond donors (Lipinski definition) is 2. The first kappa shape index (κ1) is 20.7. The van der Waals surface area contributed by atoms with Crippen LogP contribution in [-0.2, 0) is 14.3 Å². The van der Waals surface area contributed by atoms with Crippen molar-refractivity contribution in [3.05, 3.63) is 54.1 Å². The van der Waals surface area contributed by atoms with Crippen LogP contribution in [0.15, 0.2) is 48.5 Å². The number of anilines is 3. The van der Waals surface area contributed by atoms with Gasteiger partial charge >= 0.3 is 5.97 Å². The molecule has 2 aromatic carbocycles. The number of benzene rings is 2. The van der Waals surface area contributed by atoms with Gasteiger partial charge in [0.2, 0.25) is 5.91 Å². The summed E-state index contributed by atoms with van der Waals surface area (Å²) in [6.07, 6.45) is 0.272. The van der Waals surface area contributed by atoms with Crippen molar-refractivity contribution in [3.8, 4) is 0 Å². The summed E-state index contributed by atoms with van der Waals surface area (Å²) in [5.41, 5.74) is 2.93. The first-order valence-corrected chi connectivity index (χ1v) is 9.90. The molecule has 29 heavy (non-hydrogen) atoms. The molecular weight excluding hydrogens is 370 g/mol. The van der Waals surface area contributed by atoms with Gasteiger partial charge in [0, 0.05) is 31.7 Å². The van der Waals surface area contributed by atoms with E-state index in [9.17, 15) is 9.59 Å². The number of esters is 1. The maximum atomic E-state index is 12.5. The van der Waals surface area contributed by atoms with E-state index in [1.165, 1.54) is 0 Å². The minimum Gasteiger partial charge on any atom is -0.462 e. The number of nitrogens with zero attached hydrogens (tertiary/aromatic N) is 1. The van der Waals surface area contributed by atoms with Crippen LogP contribution in [0.1, 0.15) is 23.7 Å². The maximum Gasteiger partial charge on any atom is 0.340 e. The lowest BCUT2D eigenvalue weighted by Crippen LogP contribution is -2.36. The standard InChI is InChI=1S/C22H27N3O4/c1-2-29-22(27)17-7-3-4-8-18(17)23-12-11-21(26)24-19-9-5-6-10-20(19)25-13-15-28-16-14-25/h3-10,23H,2,11-16H2,1H3,(H,24,26). The summed E-state index contributed by atoms with van der Waals surface area (Å²) >= 11 is 0. The zero-order valence-corrected chi connectivity index (χ0v) is 16.6. The smallest absolute Gasteiger partial charge is 0.340 e. The molecule has 1 fully saturated rings. The monoisotopic (exact) mass is 397 g/mol. The van der Waals surface area contributed by atoms with Crippen molar-refractivity contribution < 1.29 is 19.1 Å². The van der Waals surface area contributed by atoms with Crippen molar-refractivity contribution in [1.29, 1.82) is 0 Å². The van der Waals surface area contributed by atoms with Gasteiger partial charge in [-0.2, -0.15) is 0 Å². The number of hydrogen-bond acceptors (Lipinski definition) is 6. The van der Waals surface area contributed by atoms with Crippen LogP contribution in [0.2, 0.25) is 0 Å². The SMILES string of the molecule is CCOC(=O)c1ccccc1NCCC(=O)Nc1ccccc1N1CCOCC1. The number of morpholine rings is 1. The summed E-state index contributed by atoms with van der Waals surface area (Å²) in [6, 6.07) is 14.9. The van der Waals surface area contributed by atoms with Gasteiger partial charge in [-0.3, -0.25) is 4.79 Å². The van der Waals surface area contributed by atoms with Gasteiger partial charge < -0.3 is 25.0 Å². The number of carbonyl (C=O) groups excluding carboxylic acids is 2. The van der Waals surface area contributed by atoms with Crippen molar-refractivity contribution in [1.82, 2.24) is 0 Å². The van der Waals surface area contributed by atoms with Gasteiger partial charge in [0.15, 0.2) is 0 Å². The lowest BCUT2D eigenvalue weighted by atomic mass is 10.1. The predicted octanol–water partition coefficient (Wildman–Crippen LogP) is 3.14. The van der Waals surface area contributed by atoms with E-state index in [4.69, 9.17) is 9.47 Å². The Hall–Kier alpha value is -3.06. The van der Waals surface area contributed by atoms with Crippen molar-refractivity contribution in [2.45, 2.75) is 13.3 Å². The molecule has 0 saturated carbocycles. The van der Waals surface area contributed by atoms with Crippen molar-refractivity contribution in [2.75, 3.05) is 55.0 Å². The molecule has 1 amide bonds. The molecule has 154 valence electrons. The number of para-hydroxylation sites is 3. The van der Waals surface area contributed by atoms with E-state index < -0.39 is 0 Å². The largest absolute Gasteiger partial charge is 0.462 e. The lowest BCUT2D eigenvalue weighted by molar-refractivity contribution is -0.115. The van der Waals surface area contributed by atoms with Crippen LogP contribution >= 0.6 is 0 Å². The van der Waals surface area contributed by atoms with E-state index in [0.717, 1.165) is 24.5 Å². The van der Waals surface area contributed by atoms with Gasteiger partial charge in [0.1, 0.15) is 0 Å². The second-order valence-electron chi connectivity index (χ2n) is 6.61. The second kappa shape index (κ2) is 10.5. The Morgan fingerprint density at radius 3 is 2.48 bits per heavy atom. The topological polar surface area (TPSA) is 79.9 Å². The van der Waals surface area contributed by atoms with Crippen LogP contribution in [0.3, 0.4) is 0 Å². The van der Waals surface area contributed by atoms with Crippen LogP contribution < -0.4 is 15.5 Å². The van der Waals surface area contributed by atoms with Crippen LogP contribution in [-0.4, -0.2) is 51.3 Å². The molecule has 1 aliphatic heterocycles. The Balaban J connectivity index is 1.56. The fourth-order valence-electron chi connectivity index (χ4n) is 3.21. The third-order valence-corrected chi connectivity index (χ3v) is 4.62.